The molecule has 0 spiro atoms. The second-order valence-corrected chi connectivity index (χ2v) is 30.0. The van der Waals surface area contributed by atoms with Crippen LogP contribution in [-0.2, 0) is 65.4 Å². The lowest BCUT2D eigenvalue weighted by Crippen LogP contribution is -2.30. The van der Waals surface area contributed by atoms with E-state index in [9.17, 15) is 43.2 Å². The van der Waals surface area contributed by atoms with E-state index in [0.29, 0.717) is 31.6 Å². The molecule has 0 fully saturated rings. The third-order valence-electron chi connectivity index (χ3n) is 17.3. The SMILES string of the molecule is CCCCCCCCCCCCCCCCCC(=O)OC[C@H](COP(=O)(O)OC[C@@H](O)COP(=O)(O)OC[C@@H](COC(=O)CCCCCCCCCC(C)C)OC(=O)CCCCCCCCCCC(C)CC)OC(=O)CCCCCCCCCCCCCCCCC. The van der Waals surface area contributed by atoms with Crippen LogP contribution < -0.4 is 0 Å². The summed E-state index contributed by atoms with van der Waals surface area (Å²) in [6, 6.07) is 0. The Balaban J connectivity index is 5.25. The first kappa shape index (κ1) is 90.1. The molecule has 0 saturated carbocycles. The maximum atomic E-state index is 13.1. The Kier molecular flexibility index (Phi) is 63.7. The number of esters is 4. The van der Waals surface area contributed by atoms with Gasteiger partial charge in [-0.2, -0.15) is 0 Å². The van der Waals surface area contributed by atoms with Gasteiger partial charge in [-0.15, -0.1) is 0 Å². The number of phosphoric ester groups is 2. The zero-order valence-corrected chi connectivity index (χ0v) is 61.6. The van der Waals surface area contributed by atoms with E-state index in [-0.39, 0.29) is 25.7 Å². The van der Waals surface area contributed by atoms with Crippen molar-refractivity contribution < 1.29 is 80.2 Å². The molecule has 0 heterocycles. The zero-order chi connectivity index (χ0) is 67.9. The van der Waals surface area contributed by atoms with Crippen molar-refractivity contribution in [1.82, 2.24) is 0 Å². The van der Waals surface area contributed by atoms with Crippen molar-refractivity contribution in [2.45, 2.75) is 394 Å². The van der Waals surface area contributed by atoms with E-state index in [1.807, 2.05) is 0 Å². The second-order valence-electron chi connectivity index (χ2n) is 27.1. The minimum atomic E-state index is -4.95. The average Bonchev–Trinajstić information content (AvgIpc) is 2.78. The Hall–Kier alpha value is -1.94. The van der Waals surface area contributed by atoms with E-state index in [1.54, 1.807) is 0 Å². The summed E-state index contributed by atoms with van der Waals surface area (Å²) in [5.74, 6) is -0.646. The molecular formula is C73H142O17P2. The molecule has 0 aliphatic heterocycles. The predicted molar refractivity (Wildman–Crippen MR) is 372 cm³/mol. The van der Waals surface area contributed by atoms with E-state index < -0.39 is 97.5 Å². The molecule has 3 N–H and O–H groups in total. The van der Waals surface area contributed by atoms with Gasteiger partial charge in [-0.3, -0.25) is 37.3 Å². The van der Waals surface area contributed by atoms with Gasteiger partial charge in [0.05, 0.1) is 26.4 Å². The molecule has 3 unspecified atom stereocenters. The number of unbranched alkanes of at least 4 members (excludes halogenated alkanes) is 41. The number of hydrogen-bond donors (Lipinski definition) is 3. The molecule has 0 aromatic heterocycles. The fraction of sp³-hybridized carbons (Fsp3) is 0.945. The summed E-state index contributed by atoms with van der Waals surface area (Å²) in [7, 11) is -9.91. The fourth-order valence-electron chi connectivity index (χ4n) is 11.1. The molecule has 0 aliphatic carbocycles. The van der Waals surface area contributed by atoms with Crippen LogP contribution in [-0.4, -0.2) is 96.7 Å². The maximum absolute atomic E-state index is 13.1. The Morgan fingerprint density at radius 2 is 0.554 bits per heavy atom. The van der Waals surface area contributed by atoms with Gasteiger partial charge in [-0.05, 0) is 37.5 Å². The van der Waals surface area contributed by atoms with Crippen molar-refractivity contribution in [3.63, 3.8) is 0 Å². The van der Waals surface area contributed by atoms with Gasteiger partial charge in [-0.25, -0.2) is 9.13 Å². The van der Waals surface area contributed by atoms with E-state index in [0.717, 1.165) is 102 Å². The lowest BCUT2D eigenvalue weighted by atomic mass is 9.99. The highest BCUT2D eigenvalue weighted by atomic mass is 31.2. The van der Waals surface area contributed by atoms with Gasteiger partial charge in [0, 0.05) is 25.7 Å². The number of phosphoric acid groups is 2. The first-order valence-electron chi connectivity index (χ1n) is 38.0. The molecule has 0 aromatic rings. The minimum absolute atomic E-state index is 0.104. The number of carbonyl (C=O) groups is 4. The van der Waals surface area contributed by atoms with Gasteiger partial charge in [0.15, 0.2) is 12.2 Å². The van der Waals surface area contributed by atoms with Crippen LogP contribution in [0.5, 0.6) is 0 Å². The smallest absolute Gasteiger partial charge is 0.462 e. The molecule has 0 rings (SSSR count). The quantitative estimate of drug-likeness (QED) is 0.0222. The molecule has 6 atom stereocenters. The molecular weight excluding hydrogens is 1210 g/mol. The van der Waals surface area contributed by atoms with E-state index in [4.69, 9.17) is 37.0 Å². The topological polar surface area (TPSA) is 237 Å². The van der Waals surface area contributed by atoms with Crippen molar-refractivity contribution in [2.75, 3.05) is 39.6 Å². The van der Waals surface area contributed by atoms with E-state index in [1.165, 1.54) is 186 Å². The number of aliphatic hydroxyl groups is 1. The van der Waals surface area contributed by atoms with Gasteiger partial charge >= 0.3 is 39.5 Å². The van der Waals surface area contributed by atoms with Crippen molar-refractivity contribution in [3.05, 3.63) is 0 Å². The zero-order valence-electron chi connectivity index (χ0n) is 59.9. The highest BCUT2D eigenvalue weighted by Crippen LogP contribution is 2.45. The monoisotopic (exact) mass is 1350 g/mol. The summed E-state index contributed by atoms with van der Waals surface area (Å²) in [6.07, 6.45) is 51.3. The van der Waals surface area contributed by atoms with Gasteiger partial charge < -0.3 is 33.8 Å². The predicted octanol–water partition coefficient (Wildman–Crippen LogP) is 21.2. The van der Waals surface area contributed by atoms with Crippen LogP contribution in [0.25, 0.3) is 0 Å². The molecule has 17 nitrogen and oxygen atoms in total. The first-order chi connectivity index (χ1) is 44.4. The standard InChI is InChI=1S/C73H142O17P2/c1-7-10-12-14-16-18-20-22-24-26-28-30-37-43-49-55-70(75)83-61-68(89-72(77)57-51-45-38-31-29-27-25-23-21-19-17-15-13-11-8-2)63-87-91(79,80)85-59-67(74)60-86-92(81,82)88-64-69(62-84-71(76)56-50-44-40-34-35-41-47-53-65(4)5)90-73(78)58-52-46-39-33-32-36-42-48-54-66(6)9-3/h65-69,74H,7-64H2,1-6H3,(H,79,80)(H,81,82)/t66?,67-,68-,69-/m1/s1. The fourth-order valence-corrected chi connectivity index (χ4v) is 12.7. The van der Waals surface area contributed by atoms with Crippen molar-refractivity contribution in [2.24, 2.45) is 11.8 Å². The largest absolute Gasteiger partial charge is 0.472 e. The van der Waals surface area contributed by atoms with Crippen molar-refractivity contribution in [3.8, 4) is 0 Å². The van der Waals surface area contributed by atoms with Crippen LogP contribution in [0, 0.1) is 11.8 Å². The van der Waals surface area contributed by atoms with E-state index in [2.05, 4.69) is 41.5 Å². The van der Waals surface area contributed by atoms with Crippen LogP contribution in [0.2, 0.25) is 0 Å². The summed E-state index contributed by atoms with van der Waals surface area (Å²) in [4.78, 5) is 72.7. The number of aliphatic hydroxyl groups excluding tert-OH is 1. The van der Waals surface area contributed by atoms with Crippen LogP contribution >= 0.6 is 15.6 Å². The molecule has 0 aliphatic rings. The number of ether oxygens (including phenoxy) is 4. The molecule has 546 valence electrons. The summed E-state index contributed by atoms with van der Waals surface area (Å²) in [5, 5.41) is 10.6. The Morgan fingerprint density at radius 3 is 0.826 bits per heavy atom. The van der Waals surface area contributed by atoms with Crippen LogP contribution in [0.4, 0.5) is 0 Å². The van der Waals surface area contributed by atoms with Crippen LogP contribution in [0.3, 0.4) is 0 Å². The minimum Gasteiger partial charge on any atom is -0.462 e. The van der Waals surface area contributed by atoms with Crippen LogP contribution in [0.15, 0.2) is 0 Å². The molecule has 0 radical (unpaired) electrons. The third-order valence-corrected chi connectivity index (χ3v) is 19.2. The molecule has 19 heteroatoms. The Bertz CT molecular complexity index is 1790. The lowest BCUT2D eigenvalue weighted by molar-refractivity contribution is -0.161. The van der Waals surface area contributed by atoms with Gasteiger partial charge in [-0.1, -0.05) is 324 Å². The molecule has 0 saturated heterocycles. The number of rotatable bonds is 72. The number of hydrogen-bond acceptors (Lipinski definition) is 15. The van der Waals surface area contributed by atoms with Crippen LogP contribution in [0.1, 0.15) is 375 Å². The summed E-state index contributed by atoms with van der Waals surface area (Å²) in [6.45, 7) is 9.52. The Labute approximate surface area is 562 Å². The Morgan fingerprint density at radius 1 is 0.315 bits per heavy atom. The second kappa shape index (κ2) is 65.0. The summed E-state index contributed by atoms with van der Waals surface area (Å²) >= 11 is 0. The highest BCUT2D eigenvalue weighted by molar-refractivity contribution is 7.47. The molecule has 0 bridgehead atoms. The van der Waals surface area contributed by atoms with Gasteiger partial charge in [0.2, 0.25) is 0 Å². The van der Waals surface area contributed by atoms with Gasteiger partial charge in [0.1, 0.15) is 19.3 Å². The normalized spacial score (nSPS) is 14.4. The van der Waals surface area contributed by atoms with Gasteiger partial charge in [0.25, 0.3) is 0 Å². The third kappa shape index (κ3) is 65.4. The maximum Gasteiger partial charge on any atom is 0.472 e. The molecule has 0 aromatic carbocycles. The number of carbonyl (C=O) groups excluding carboxylic acids is 4. The lowest BCUT2D eigenvalue weighted by Gasteiger charge is -2.21. The molecule has 0 amide bonds. The molecule has 92 heavy (non-hydrogen) atoms. The van der Waals surface area contributed by atoms with Crippen molar-refractivity contribution in [1.29, 1.82) is 0 Å². The average molecular weight is 1350 g/mol. The first-order valence-corrected chi connectivity index (χ1v) is 41.0. The summed E-state index contributed by atoms with van der Waals surface area (Å²) < 4.78 is 68.4. The van der Waals surface area contributed by atoms with Crippen molar-refractivity contribution >= 4 is 39.5 Å². The summed E-state index contributed by atoms with van der Waals surface area (Å²) in [5.41, 5.74) is 0. The highest BCUT2D eigenvalue weighted by Gasteiger charge is 2.30. The van der Waals surface area contributed by atoms with E-state index >= 15 is 0 Å².